The lowest BCUT2D eigenvalue weighted by atomic mass is 9.93. The van der Waals surface area contributed by atoms with Gasteiger partial charge in [-0.3, -0.25) is 0 Å². The first-order chi connectivity index (χ1) is 9.41. The molecule has 2 atom stereocenters. The SMILES string of the molecule is COC1c2c(ccc3ccc(=O)oc23)OC1C(C)(C)O. The summed E-state index contributed by atoms with van der Waals surface area (Å²) in [6.45, 7) is 3.32. The zero-order chi connectivity index (χ0) is 14.5. The first kappa shape index (κ1) is 13.1. The summed E-state index contributed by atoms with van der Waals surface area (Å²) in [5.41, 5.74) is -0.378. The summed E-state index contributed by atoms with van der Waals surface area (Å²) >= 11 is 0. The first-order valence-electron chi connectivity index (χ1n) is 6.40. The van der Waals surface area contributed by atoms with Gasteiger partial charge >= 0.3 is 5.63 Å². The lowest BCUT2D eigenvalue weighted by molar-refractivity contribution is -0.0881. The topological polar surface area (TPSA) is 68.9 Å². The summed E-state index contributed by atoms with van der Waals surface area (Å²) < 4.78 is 16.6. The minimum atomic E-state index is -1.08. The second-order valence-corrected chi connectivity index (χ2v) is 5.50. The molecule has 2 unspecified atom stereocenters. The molecule has 106 valence electrons. The molecule has 1 N–H and O–H groups in total. The van der Waals surface area contributed by atoms with Crippen LogP contribution in [0.4, 0.5) is 0 Å². The van der Waals surface area contributed by atoms with Crippen LogP contribution in [0.1, 0.15) is 25.5 Å². The summed E-state index contributed by atoms with van der Waals surface area (Å²) in [5, 5.41) is 11.0. The zero-order valence-corrected chi connectivity index (χ0v) is 11.5. The Hall–Kier alpha value is -1.85. The van der Waals surface area contributed by atoms with Crippen molar-refractivity contribution in [2.24, 2.45) is 0 Å². The maximum absolute atomic E-state index is 11.5. The number of benzene rings is 1. The Morgan fingerprint density at radius 1 is 1.25 bits per heavy atom. The molecule has 20 heavy (non-hydrogen) atoms. The molecular weight excluding hydrogens is 260 g/mol. The average Bonchev–Trinajstić information content (AvgIpc) is 2.77. The van der Waals surface area contributed by atoms with Crippen LogP contribution in [0.2, 0.25) is 0 Å². The van der Waals surface area contributed by atoms with Crippen molar-refractivity contribution in [1.29, 1.82) is 0 Å². The van der Waals surface area contributed by atoms with Crippen molar-refractivity contribution in [2.75, 3.05) is 7.11 Å². The largest absolute Gasteiger partial charge is 0.484 e. The molecular formula is C15H16O5. The van der Waals surface area contributed by atoms with Gasteiger partial charge in [-0.2, -0.15) is 0 Å². The lowest BCUT2D eigenvalue weighted by Gasteiger charge is -2.28. The van der Waals surface area contributed by atoms with Crippen LogP contribution in [0.5, 0.6) is 5.75 Å². The van der Waals surface area contributed by atoms with Gasteiger partial charge in [0.2, 0.25) is 0 Å². The fraction of sp³-hybridized carbons (Fsp3) is 0.400. The van der Waals surface area contributed by atoms with Crippen molar-refractivity contribution in [2.45, 2.75) is 31.7 Å². The fourth-order valence-electron chi connectivity index (χ4n) is 2.61. The number of hydrogen-bond acceptors (Lipinski definition) is 5. The van der Waals surface area contributed by atoms with E-state index >= 15 is 0 Å². The van der Waals surface area contributed by atoms with Crippen molar-refractivity contribution in [3.63, 3.8) is 0 Å². The second kappa shape index (κ2) is 4.33. The summed E-state index contributed by atoms with van der Waals surface area (Å²) in [4.78, 5) is 11.5. The van der Waals surface area contributed by atoms with Crippen molar-refractivity contribution >= 4 is 11.0 Å². The Bertz CT molecular complexity index is 710. The van der Waals surface area contributed by atoms with Crippen LogP contribution in [0, 0.1) is 0 Å². The quantitative estimate of drug-likeness (QED) is 0.850. The molecule has 0 spiro atoms. The van der Waals surface area contributed by atoms with E-state index in [4.69, 9.17) is 13.9 Å². The van der Waals surface area contributed by atoms with Gasteiger partial charge in [0.25, 0.3) is 0 Å². The van der Waals surface area contributed by atoms with Gasteiger partial charge in [-0.1, -0.05) is 0 Å². The molecule has 0 radical (unpaired) electrons. The van der Waals surface area contributed by atoms with Crippen LogP contribution in [0.25, 0.3) is 11.0 Å². The second-order valence-electron chi connectivity index (χ2n) is 5.50. The van der Waals surface area contributed by atoms with Crippen LogP contribution in [-0.2, 0) is 4.74 Å². The monoisotopic (exact) mass is 276 g/mol. The third-order valence-electron chi connectivity index (χ3n) is 3.55. The molecule has 2 heterocycles. The van der Waals surface area contributed by atoms with Gasteiger partial charge in [0.15, 0.2) is 6.10 Å². The van der Waals surface area contributed by atoms with Crippen molar-refractivity contribution < 1.29 is 19.0 Å². The number of methoxy groups -OCH3 is 1. The molecule has 0 saturated carbocycles. The Morgan fingerprint density at radius 3 is 2.60 bits per heavy atom. The summed E-state index contributed by atoms with van der Waals surface area (Å²) in [5.74, 6) is 0.575. The van der Waals surface area contributed by atoms with Crippen molar-refractivity contribution in [1.82, 2.24) is 0 Å². The molecule has 0 aliphatic carbocycles. The van der Waals surface area contributed by atoms with E-state index in [1.807, 2.05) is 6.07 Å². The predicted molar refractivity (Wildman–Crippen MR) is 72.9 cm³/mol. The number of hydrogen-bond donors (Lipinski definition) is 1. The van der Waals surface area contributed by atoms with Crippen LogP contribution < -0.4 is 10.4 Å². The molecule has 1 aromatic carbocycles. The van der Waals surface area contributed by atoms with Gasteiger partial charge in [0.1, 0.15) is 17.4 Å². The minimum absolute atomic E-state index is 0.424. The van der Waals surface area contributed by atoms with Gasteiger partial charge in [0, 0.05) is 18.6 Å². The number of rotatable bonds is 2. The highest BCUT2D eigenvalue weighted by Gasteiger charge is 2.45. The molecule has 0 saturated heterocycles. The Kier molecular flexibility index (Phi) is 2.84. The number of fused-ring (bicyclic) bond motifs is 3. The van der Waals surface area contributed by atoms with Crippen LogP contribution in [-0.4, -0.2) is 23.9 Å². The third-order valence-corrected chi connectivity index (χ3v) is 3.55. The Balaban J connectivity index is 2.25. The molecule has 0 bridgehead atoms. The Labute approximate surface area is 115 Å². The molecule has 1 aromatic heterocycles. The summed E-state index contributed by atoms with van der Waals surface area (Å²) in [7, 11) is 1.54. The smallest absolute Gasteiger partial charge is 0.336 e. The zero-order valence-electron chi connectivity index (χ0n) is 11.5. The molecule has 0 amide bonds. The van der Waals surface area contributed by atoms with Gasteiger partial charge in [-0.25, -0.2) is 4.79 Å². The molecule has 1 aliphatic heterocycles. The van der Waals surface area contributed by atoms with Gasteiger partial charge in [0.05, 0.1) is 11.2 Å². The van der Waals surface area contributed by atoms with E-state index in [-0.39, 0.29) is 0 Å². The van der Waals surface area contributed by atoms with Gasteiger partial charge in [-0.05, 0) is 32.0 Å². The highest BCUT2D eigenvalue weighted by atomic mass is 16.6. The molecule has 3 rings (SSSR count). The molecule has 0 fully saturated rings. The normalized spacial score (nSPS) is 21.8. The van der Waals surface area contributed by atoms with E-state index in [9.17, 15) is 9.90 Å². The van der Waals surface area contributed by atoms with Crippen LogP contribution in [0.3, 0.4) is 0 Å². The highest BCUT2D eigenvalue weighted by molar-refractivity contribution is 5.83. The van der Waals surface area contributed by atoms with E-state index in [2.05, 4.69) is 0 Å². The summed E-state index contributed by atoms with van der Waals surface area (Å²) in [6.07, 6.45) is -1.04. The minimum Gasteiger partial charge on any atom is -0.484 e. The standard InChI is InChI=1S/C15H16O5/c1-15(2,17)14-13(18-3)11-9(19-14)6-4-8-5-7-10(16)20-12(8)11/h4-7,13-14,17H,1-3H3. The molecule has 5 heteroatoms. The predicted octanol–water partition coefficient (Wildman–Crippen LogP) is 2.01. The van der Waals surface area contributed by atoms with Crippen molar-refractivity contribution in [3.05, 3.63) is 40.2 Å². The van der Waals surface area contributed by atoms with Crippen molar-refractivity contribution in [3.8, 4) is 5.75 Å². The van der Waals surface area contributed by atoms with E-state index < -0.39 is 23.4 Å². The Morgan fingerprint density at radius 2 is 1.95 bits per heavy atom. The lowest BCUT2D eigenvalue weighted by Crippen LogP contribution is -2.42. The van der Waals surface area contributed by atoms with E-state index in [1.54, 1.807) is 33.1 Å². The van der Waals surface area contributed by atoms with Gasteiger partial charge < -0.3 is 19.0 Å². The van der Waals surface area contributed by atoms with Crippen LogP contribution >= 0.6 is 0 Å². The maximum atomic E-state index is 11.5. The van der Waals surface area contributed by atoms with Gasteiger partial charge in [-0.15, -0.1) is 0 Å². The fourth-order valence-corrected chi connectivity index (χ4v) is 2.61. The first-order valence-corrected chi connectivity index (χ1v) is 6.40. The van der Waals surface area contributed by atoms with Crippen LogP contribution in [0.15, 0.2) is 33.5 Å². The summed E-state index contributed by atoms with van der Waals surface area (Å²) in [6, 6.07) is 6.69. The molecule has 5 nitrogen and oxygen atoms in total. The number of ether oxygens (including phenoxy) is 2. The highest BCUT2D eigenvalue weighted by Crippen LogP contribution is 2.45. The maximum Gasteiger partial charge on any atom is 0.336 e. The average molecular weight is 276 g/mol. The molecule has 2 aromatic rings. The van der Waals surface area contributed by atoms with E-state index in [0.29, 0.717) is 16.9 Å². The number of aliphatic hydroxyl groups is 1. The van der Waals surface area contributed by atoms with E-state index in [0.717, 1.165) is 5.39 Å². The third kappa shape index (κ3) is 1.90. The van der Waals surface area contributed by atoms with E-state index in [1.165, 1.54) is 6.07 Å². The molecule has 1 aliphatic rings.